The molecule has 4 rings (SSSR count). The van der Waals surface area contributed by atoms with Gasteiger partial charge in [-0.2, -0.15) is 18.2 Å². The number of alkyl halides is 3. The van der Waals surface area contributed by atoms with Gasteiger partial charge in [-0.1, -0.05) is 12.1 Å². The van der Waals surface area contributed by atoms with Gasteiger partial charge in [0.15, 0.2) is 0 Å². The maximum atomic E-state index is 12.5. The van der Waals surface area contributed by atoms with Crippen molar-refractivity contribution in [1.29, 1.82) is 0 Å². The van der Waals surface area contributed by atoms with Crippen LogP contribution >= 0.6 is 22.7 Å². The Bertz CT molecular complexity index is 1070. The predicted molar refractivity (Wildman–Crippen MR) is 92.3 cm³/mol. The molecule has 0 aliphatic carbocycles. The molecular weight excluding hydrogens is 387 g/mol. The number of hydrogen-bond donors (Lipinski definition) is 2. The van der Waals surface area contributed by atoms with Crippen molar-refractivity contribution >= 4 is 44.7 Å². The molecule has 0 aliphatic rings. The van der Waals surface area contributed by atoms with Gasteiger partial charge < -0.3 is 0 Å². The molecule has 132 valence electrons. The summed E-state index contributed by atoms with van der Waals surface area (Å²) in [6, 6.07) is 11.0. The van der Waals surface area contributed by atoms with E-state index in [-0.39, 0.29) is 0 Å². The number of aromatic amines is 1. The zero-order valence-corrected chi connectivity index (χ0v) is 14.3. The number of H-pyrrole nitrogens is 1. The van der Waals surface area contributed by atoms with Crippen LogP contribution in [0.15, 0.2) is 36.4 Å². The van der Waals surface area contributed by atoms with Crippen LogP contribution in [0.2, 0.25) is 0 Å². The maximum Gasteiger partial charge on any atom is 0.451 e. The second-order valence-electron chi connectivity index (χ2n) is 5.11. The third-order valence-electron chi connectivity index (χ3n) is 3.31. The monoisotopic (exact) mass is 395 g/mol. The largest absolute Gasteiger partial charge is 0.451 e. The Morgan fingerprint density at radius 3 is 2.62 bits per heavy atom. The van der Waals surface area contributed by atoms with Crippen LogP contribution in [-0.4, -0.2) is 26.1 Å². The van der Waals surface area contributed by atoms with Crippen LogP contribution in [0, 0.1) is 0 Å². The molecule has 0 spiro atoms. The third kappa shape index (κ3) is 3.18. The van der Waals surface area contributed by atoms with Crippen molar-refractivity contribution in [3.05, 3.63) is 47.1 Å². The van der Waals surface area contributed by atoms with Gasteiger partial charge in [0.1, 0.15) is 5.01 Å². The van der Waals surface area contributed by atoms with Crippen LogP contribution in [0.25, 0.3) is 20.1 Å². The molecule has 6 nitrogen and oxygen atoms in total. The summed E-state index contributed by atoms with van der Waals surface area (Å²) in [6.45, 7) is 0. The lowest BCUT2D eigenvalue weighted by atomic mass is 10.3. The Morgan fingerprint density at radius 2 is 1.88 bits per heavy atom. The number of nitrogens with one attached hydrogen (secondary N) is 2. The molecule has 0 atom stereocenters. The van der Waals surface area contributed by atoms with Crippen molar-refractivity contribution in [2.24, 2.45) is 0 Å². The van der Waals surface area contributed by atoms with Gasteiger partial charge in [-0.25, -0.2) is 4.98 Å². The van der Waals surface area contributed by atoms with Crippen LogP contribution in [0.4, 0.5) is 19.1 Å². The van der Waals surface area contributed by atoms with E-state index in [1.165, 1.54) is 22.7 Å². The number of para-hydroxylation sites is 1. The van der Waals surface area contributed by atoms with E-state index in [2.05, 4.69) is 20.4 Å². The van der Waals surface area contributed by atoms with Crippen LogP contribution in [0.1, 0.15) is 15.5 Å². The highest BCUT2D eigenvalue weighted by molar-refractivity contribution is 7.26. The summed E-state index contributed by atoms with van der Waals surface area (Å²) in [5.41, 5.74) is 0.868. The van der Waals surface area contributed by atoms with E-state index >= 15 is 0 Å². The number of halogens is 3. The number of benzene rings is 1. The minimum atomic E-state index is -4.65. The summed E-state index contributed by atoms with van der Waals surface area (Å²) in [7, 11) is 0. The Hall–Kier alpha value is -2.79. The van der Waals surface area contributed by atoms with Crippen molar-refractivity contribution in [1.82, 2.24) is 20.2 Å². The van der Waals surface area contributed by atoms with Gasteiger partial charge in [-0.15, -0.1) is 27.8 Å². The number of carbonyl (C=O) groups excluding carboxylic acids is 1. The van der Waals surface area contributed by atoms with E-state index in [1.807, 2.05) is 24.3 Å². The second-order valence-corrected chi connectivity index (χ2v) is 7.22. The number of fused-ring (bicyclic) bond motifs is 1. The van der Waals surface area contributed by atoms with Crippen LogP contribution in [0.5, 0.6) is 0 Å². The average Bonchev–Trinajstić information content (AvgIpc) is 3.32. The first-order valence-electron chi connectivity index (χ1n) is 7.17. The number of aromatic nitrogens is 4. The van der Waals surface area contributed by atoms with E-state index < -0.39 is 23.9 Å². The number of rotatable bonds is 3. The summed E-state index contributed by atoms with van der Waals surface area (Å²) in [5, 5.41) is 8.10. The van der Waals surface area contributed by atoms with E-state index in [0.29, 0.717) is 4.88 Å². The highest BCUT2D eigenvalue weighted by atomic mass is 32.1. The highest BCUT2D eigenvalue weighted by Gasteiger charge is 2.35. The summed E-state index contributed by atoms with van der Waals surface area (Å²) in [5.74, 6) is -2.29. The van der Waals surface area contributed by atoms with Gasteiger partial charge in [0.2, 0.25) is 11.8 Å². The molecule has 1 aromatic carbocycles. The first-order chi connectivity index (χ1) is 12.4. The number of hydrogen-bond acceptors (Lipinski definition) is 6. The standard InChI is InChI=1S/C15H8F3N5OS2/c16-15(17,18)13-21-14(23-22-13)20-11(24)9-5-6-10(25-9)12-19-7-3-1-2-4-8(7)26-12/h1-6H,(H2,20,21,22,23,24). The molecule has 0 saturated carbocycles. The molecule has 26 heavy (non-hydrogen) atoms. The second kappa shape index (κ2) is 6.18. The fourth-order valence-electron chi connectivity index (χ4n) is 2.16. The van der Waals surface area contributed by atoms with Crippen molar-refractivity contribution in [2.45, 2.75) is 6.18 Å². The minimum absolute atomic E-state index is 0.317. The molecule has 0 fully saturated rings. The first-order valence-corrected chi connectivity index (χ1v) is 8.80. The molecular formula is C15H8F3N5OS2. The quantitative estimate of drug-likeness (QED) is 0.538. The lowest BCUT2D eigenvalue weighted by Crippen LogP contribution is -2.12. The maximum absolute atomic E-state index is 12.5. The van der Waals surface area contributed by atoms with Gasteiger partial charge in [0.05, 0.1) is 20.0 Å². The van der Waals surface area contributed by atoms with Crippen molar-refractivity contribution in [2.75, 3.05) is 5.32 Å². The van der Waals surface area contributed by atoms with E-state index in [4.69, 9.17) is 0 Å². The summed E-state index contributed by atoms with van der Waals surface area (Å²) in [4.78, 5) is 21.0. The lowest BCUT2D eigenvalue weighted by molar-refractivity contribution is -0.144. The zero-order valence-electron chi connectivity index (χ0n) is 12.7. The third-order valence-corrected chi connectivity index (χ3v) is 5.60. The number of anilines is 1. The smallest absolute Gasteiger partial charge is 0.288 e. The van der Waals surface area contributed by atoms with Crippen LogP contribution < -0.4 is 5.32 Å². The van der Waals surface area contributed by atoms with Crippen molar-refractivity contribution in [3.63, 3.8) is 0 Å². The molecule has 0 unspecified atom stereocenters. The zero-order chi connectivity index (χ0) is 18.3. The molecule has 3 heterocycles. The van der Waals surface area contributed by atoms with Gasteiger partial charge in [-0.05, 0) is 24.3 Å². The number of thiazole rings is 1. The lowest BCUT2D eigenvalue weighted by Gasteiger charge is -1.99. The molecule has 0 radical (unpaired) electrons. The van der Waals surface area contributed by atoms with Gasteiger partial charge in [0, 0.05) is 0 Å². The Kier molecular flexibility index (Phi) is 3.96. The normalized spacial score (nSPS) is 11.8. The van der Waals surface area contributed by atoms with E-state index in [0.717, 1.165) is 20.1 Å². The fraction of sp³-hybridized carbons (Fsp3) is 0.0667. The Morgan fingerprint density at radius 1 is 1.08 bits per heavy atom. The molecule has 0 aliphatic heterocycles. The highest BCUT2D eigenvalue weighted by Crippen LogP contribution is 2.34. The molecule has 4 aromatic rings. The summed E-state index contributed by atoms with van der Waals surface area (Å²) >= 11 is 2.69. The molecule has 3 aromatic heterocycles. The molecule has 0 saturated heterocycles. The van der Waals surface area contributed by atoms with E-state index in [1.54, 1.807) is 17.2 Å². The number of amides is 1. The van der Waals surface area contributed by atoms with Gasteiger partial charge in [-0.3, -0.25) is 15.2 Å². The fourth-order valence-corrected chi connectivity index (χ4v) is 4.08. The molecule has 11 heteroatoms. The summed E-state index contributed by atoms with van der Waals surface area (Å²) in [6.07, 6.45) is -4.65. The van der Waals surface area contributed by atoms with Crippen LogP contribution in [-0.2, 0) is 6.18 Å². The van der Waals surface area contributed by atoms with Crippen molar-refractivity contribution in [3.8, 4) is 9.88 Å². The molecule has 0 bridgehead atoms. The summed E-state index contributed by atoms with van der Waals surface area (Å²) < 4.78 is 38.5. The number of thiophene rings is 1. The van der Waals surface area contributed by atoms with Crippen LogP contribution in [0.3, 0.4) is 0 Å². The van der Waals surface area contributed by atoms with Gasteiger partial charge >= 0.3 is 6.18 Å². The topological polar surface area (TPSA) is 83.6 Å². The SMILES string of the molecule is O=C(Nc1n[nH]c(C(F)(F)F)n1)c1ccc(-c2nc3ccccc3s2)s1. The van der Waals surface area contributed by atoms with E-state index in [9.17, 15) is 18.0 Å². The Balaban J connectivity index is 1.53. The Labute approximate surface area is 151 Å². The first kappa shape index (κ1) is 16.7. The predicted octanol–water partition coefficient (Wildman–Crippen LogP) is 4.41. The average molecular weight is 395 g/mol. The minimum Gasteiger partial charge on any atom is -0.288 e. The molecule has 1 amide bonds. The molecule has 2 N–H and O–H groups in total. The number of nitrogens with zero attached hydrogens (tertiary/aromatic N) is 3. The number of carbonyl (C=O) groups is 1. The van der Waals surface area contributed by atoms with Gasteiger partial charge in [0.25, 0.3) is 5.91 Å². The van der Waals surface area contributed by atoms with Crippen molar-refractivity contribution < 1.29 is 18.0 Å².